The van der Waals surface area contributed by atoms with E-state index in [1.807, 2.05) is 54.6 Å². The van der Waals surface area contributed by atoms with Crippen LogP contribution >= 0.6 is 0 Å². The van der Waals surface area contributed by atoms with Gasteiger partial charge < -0.3 is 16.0 Å². The minimum Gasteiger partial charge on any atom is -0.370 e. The number of nitrogens with zero attached hydrogens (tertiary/aromatic N) is 6. The first-order valence-corrected chi connectivity index (χ1v) is 11.6. The number of aliphatic imine (C=N–C) groups is 1. The molecule has 4 N–H and O–H groups in total. The van der Waals surface area contributed by atoms with E-state index in [-0.39, 0.29) is 36.8 Å². The molecule has 0 saturated carbocycles. The first-order chi connectivity index (χ1) is 17.9. The zero-order valence-corrected chi connectivity index (χ0v) is 20.1. The molecular formula is C27H24N8O2. The number of hydrogen-bond donors (Lipinski definition) is 2. The highest BCUT2D eigenvalue weighted by Crippen LogP contribution is 2.20. The molecule has 2 heterocycles. The van der Waals surface area contributed by atoms with Crippen LogP contribution in [0.3, 0.4) is 0 Å². The lowest BCUT2D eigenvalue weighted by Gasteiger charge is -2.13. The lowest BCUT2D eigenvalue weighted by molar-refractivity contribution is 0.654. The molecule has 5 aromatic rings. The Morgan fingerprint density at radius 3 is 2.41 bits per heavy atom. The van der Waals surface area contributed by atoms with Crippen LogP contribution in [0.2, 0.25) is 0 Å². The van der Waals surface area contributed by atoms with Gasteiger partial charge in [0.2, 0.25) is 0 Å². The van der Waals surface area contributed by atoms with Crippen LogP contribution in [-0.2, 0) is 26.7 Å². The molecule has 37 heavy (non-hydrogen) atoms. The van der Waals surface area contributed by atoms with Crippen molar-refractivity contribution in [1.82, 2.24) is 18.7 Å². The summed E-state index contributed by atoms with van der Waals surface area (Å²) in [6.07, 6.45) is 0. The number of benzene rings is 3. The maximum atomic E-state index is 13.9. The second-order valence-electron chi connectivity index (χ2n) is 8.67. The van der Waals surface area contributed by atoms with Crippen LogP contribution in [0, 0.1) is 11.3 Å². The zero-order valence-electron chi connectivity index (χ0n) is 20.1. The highest BCUT2D eigenvalue weighted by atomic mass is 16.2. The third-order valence-electron chi connectivity index (χ3n) is 6.39. The number of nitrogens with two attached hydrogens (primary N) is 2. The van der Waals surface area contributed by atoms with Crippen LogP contribution in [0.25, 0.3) is 21.9 Å². The summed E-state index contributed by atoms with van der Waals surface area (Å²) in [7, 11) is 1.58. The molecule has 0 aliphatic carbocycles. The fourth-order valence-electron chi connectivity index (χ4n) is 4.55. The molecule has 0 aliphatic heterocycles. The minimum atomic E-state index is -0.485. The third kappa shape index (κ3) is 4.23. The highest BCUT2D eigenvalue weighted by molar-refractivity contribution is 5.85. The molecule has 5 rings (SSSR count). The number of fused-ring (bicyclic) bond motifs is 2. The first kappa shape index (κ1) is 23.6. The molecule has 0 aliphatic rings. The molecule has 0 saturated heterocycles. The van der Waals surface area contributed by atoms with Gasteiger partial charge in [-0.25, -0.2) is 14.8 Å². The molecule has 0 amide bonds. The molecule has 0 atom stereocenters. The second-order valence-corrected chi connectivity index (χ2v) is 8.67. The number of rotatable bonds is 6. The maximum absolute atomic E-state index is 13.9. The summed E-state index contributed by atoms with van der Waals surface area (Å²) in [5.41, 5.74) is 12.6. The predicted molar refractivity (Wildman–Crippen MR) is 142 cm³/mol. The molecule has 10 nitrogen and oxygen atoms in total. The van der Waals surface area contributed by atoms with E-state index in [1.165, 1.54) is 9.13 Å². The van der Waals surface area contributed by atoms with Crippen molar-refractivity contribution in [3.05, 3.63) is 110 Å². The predicted octanol–water partition coefficient (Wildman–Crippen LogP) is 1.79. The van der Waals surface area contributed by atoms with Gasteiger partial charge in [-0.05, 0) is 28.0 Å². The van der Waals surface area contributed by atoms with E-state index < -0.39 is 11.2 Å². The van der Waals surface area contributed by atoms with Gasteiger partial charge in [0.05, 0.1) is 24.7 Å². The summed E-state index contributed by atoms with van der Waals surface area (Å²) in [6, 6.07) is 22.9. The SMILES string of the molecule is Cn1c(=O)n(Cc2cccc3ccccc23)c(=O)c2c1nc(CN=C(N)N)n2Cc1ccccc1C#N. The van der Waals surface area contributed by atoms with Crippen molar-refractivity contribution in [3.8, 4) is 6.07 Å². The van der Waals surface area contributed by atoms with Gasteiger partial charge in [-0.3, -0.25) is 13.9 Å². The molecule has 184 valence electrons. The fraction of sp³-hybridized carbons (Fsp3) is 0.148. The maximum Gasteiger partial charge on any atom is 0.332 e. The molecule has 3 aromatic carbocycles. The van der Waals surface area contributed by atoms with Crippen LogP contribution in [0.5, 0.6) is 0 Å². The fourth-order valence-corrected chi connectivity index (χ4v) is 4.55. The van der Waals surface area contributed by atoms with Crippen molar-refractivity contribution in [1.29, 1.82) is 5.26 Å². The Bertz CT molecular complexity index is 1840. The van der Waals surface area contributed by atoms with Gasteiger partial charge >= 0.3 is 5.69 Å². The number of imidazole rings is 1. The average molecular weight is 493 g/mol. The Hall–Kier alpha value is -5.17. The van der Waals surface area contributed by atoms with Crippen molar-refractivity contribution < 1.29 is 0 Å². The van der Waals surface area contributed by atoms with Gasteiger partial charge in [-0.2, -0.15) is 5.26 Å². The molecule has 10 heteroatoms. The van der Waals surface area contributed by atoms with Crippen molar-refractivity contribution in [3.63, 3.8) is 0 Å². The van der Waals surface area contributed by atoms with Crippen molar-refractivity contribution in [2.75, 3.05) is 0 Å². The van der Waals surface area contributed by atoms with Crippen molar-refractivity contribution in [2.45, 2.75) is 19.6 Å². The molecule has 0 bridgehead atoms. The topological polar surface area (TPSA) is 150 Å². The summed E-state index contributed by atoms with van der Waals surface area (Å²) in [6.45, 7) is 0.270. The summed E-state index contributed by atoms with van der Waals surface area (Å²) in [5.74, 6) is 0.268. The Balaban J connectivity index is 1.75. The smallest absolute Gasteiger partial charge is 0.332 e. The van der Waals surface area contributed by atoms with E-state index in [4.69, 9.17) is 11.5 Å². The Labute approximate surface area is 211 Å². The van der Waals surface area contributed by atoms with E-state index in [0.717, 1.165) is 16.3 Å². The Morgan fingerprint density at radius 1 is 0.946 bits per heavy atom. The summed E-state index contributed by atoms with van der Waals surface area (Å²) < 4.78 is 4.25. The summed E-state index contributed by atoms with van der Waals surface area (Å²) in [4.78, 5) is 35.9. The van der Waals surface area contributed by atoms with Crippen LogP contribution in [0.1, 0.15) is 22.5 Å². The molecule has 0 spiro atoms. The van der Waals surface area contributed by atoms with Gasteiger partial charge in [0.1, 0.15) is 12.4 Å². The molecular weight excluding hydrogens is 468 g/mol. The van der Waals surface area contributed by atoms with Gasteiger partial charge in [-0.15, -0.1) is 0 Å². The Kier molecular flexibility index (Phi) is 6.03. The normalized spacial score (nSPS) is 11.0. The second kappa shape index (κ2) is 9.47. The largest absolute Gasteiger partial charge is 0.370 e. The number of aromatic nitrogens is 4. The monoisotopic (exact) mass is 492 g/mol. The minimum absolute atomic E-state index is 0.00267. The van der Waals surface area contributed by atoms with Crippen molar-refractivity contribution >= 4 is 27.9 Å². The highest BCUT2D eigenvalue weighted by Gasteiger charge is 2.21. The quantitative estimate of drug-likeness (QED) is 0.273. The Morgan fingerprint density at radius 2 is 1.62 bits per heavy atom. The number of hydrogen-bond acceptors (Lipinski definition) is 5. The molecule has 0 radical (unpaired) electrons. The molecule has 2 aromatic heterocycles. The van der Waals surface area contributed by atoms with E-state index in [2.05, 4.69) is 16.0 Å². The standard InChI is InChI=1S/C27H24N8O2/c1-33-24-23(25(36)35(27(33)37)16-20-11-6-10-17-7-4-5-12-21(17)20)34(22(32-24)14-31-26(29)30)15-19-9-3-2-8-18(19)13-28/h2-12H,14-16H2,1H3,(H4,29,30,31). The van der Waals surface area contributed by atoms with Gasteiger partial charge in [0.25, 0.3) is 5.56 Å². The summed E-state index contributed by atoms with van der Waals surface area (Å²) in [5, 5.41) is 11.6. The number of nitriles is 1. The zero-order chi connectivity index (χ0) is 26.1. The van der Waals surface area contributed by atoms with E-state index in [1.54, 1.807) is 23.7 Å². The van der Waals surface area contributed by atoms with Crippen LogP contribution in [0.15, 0.2) is 81.3 Å². The van der Waals surface area contributed by atoms with Crippen LogP contribution in [0.4, 0.5) is 0 Å². The van der Waals surface area contributed by atoms with Gasteiger partial charge in [0.15, 0.2) is 17.1 Å². The average Bonchev–Trinajstić information content (AvgIpc) is 3.27. The lowest BCUT2D eigenvalue weighted by atomic mass is 10.0. The molecule has 0 fully saturated rings. The van der Waals surface area contributed by atoms with Crippen molar-refractivity contribution in [2.24, 2.45) is 23.5 Å². The third-order valence-corrected chi connectivity index (χ3v) is 6.39. The number of aryl methyl sites for hydroxylation is 1. The van der Waals surface area contributed by atoms with Gasteiger partial charge in [-0.1, -0.05) is 60.7 Å². The first-order valence-electron chi connectivity index (χ1n) is 11.6. The van der Waals surface area contributed by atoms with E-state index >= 15 is 0 Å². The summed E-state index contributed by atoms with van der Waals surface area (Å²) >= 11 is 0. The van der Waals surface area contributed by atoms with Crippen LogP contribution < -0.4 is 22.7 Å². The lowest BCUT2D eigenvalue weighted by Crippen LogP contribution is -2.40. The van der Waals surface area contributed by atoms with E-state index in [9.17, 15) is 14.9 Å². The van der Waals surface area contributed by atoms with Gasteiger partial charge in [0, 0.05) is 7.05 Å². The van der Waals surface area contributed by atoms with Crippen LogP contribution in [-0.4, -0.2) is 24.6 Å². The van der Waals surface area contributed by atoms with E-state index in [0.29, 0.717) is 17.0 Å². The molecule has 0 unspecified atom stereocenters. The number of guanidine groups is 1.